The maximum Gasteiger partial charge on any atom is 0.337 e. The highest BCUT2D eigenvalue weighted by Gasteiger charge is 2.30. The molecule has 0 aliphatic heterocycles. The SMILES string of the molecule is CCC(C)(CN)C(=O)Nc1cc(OC)ccc1C(=O)O. The number of carbonyl (C=O) groups excluding carboxylic acids is 1. The summed E-state index contributed by atoms with van der Waals surface area (Å²) in [5.41, 5.74) is 5.10. The van der Waals surface area contributed by atoms with Gasteiger partial charge in [-0.05, 0) is 25.5 Å². The molecule has 1 atom stereocenters. The largest absolute Gasteiger partial charge is 0.497 e. The lowest BCUT2D eigenvalue weighted by molar-refractivity contribution is -0.124. The third-order valence-corrected chi connectivity index (χ3v) is 3.48. The molecule has 1 unspecified atom stereocenters. The molecule has 20 heavy (non-hydrogen) atoms. The first-order chi connectivity index (χ1) is 9.37. The Bertz CT molecular complexity index is 510. The molecule has 0 fully saturated rings. The van der Waals surface area contributed by atoms with Crippen LogP contribution in [0.1, 0.15) is 30.6 Å². The third kappa shape index (κ3) is 3.27. The number of amides is 1. The van der Waals surface area contributed by atoms with Crippen molar-refractivity contribution in [1.82, 2.24) is 0 Å². The molecule has 110 valence electrons. The topological polar surface area (TPSA) is 102 Å². The number of nitrogens with one attached hydrogen (secondary N) is 1. The lowest BCUT2D eigenvalue weighted by atomic mass is 9.86. The van der Waals surface area contributed by atoms with Gasteiger partial charge < -0.3 is 20.9 Å². The standard InChI is InChI=1S/C14H20N2O4/c1-4-14(2,8-15)13(19)16-11-7-9(20-3)5-6-10(11)12(17)18/h5-7H,4,8,15H2,1-3H3,(H,16,19)(H,17,18). The quantitative estimate of drug-likeness (QED) is 0.736. The number of carbonyl (C=O) groups is 2. The van der Waals surface area contributed by atoms with Gasteiger partial charge in [-0.1, -0.05) is 6.92 Å². The van der Waals surface area contributed by atoms with E-state index in [0.29, 0.717) is 12.2 Å². The molecule has 0 radical (unpaired) electrons. The number of hydrogen-bond donors (Lipinski definition) is 3. The van der Waals surface area contributed by atoms with Crippen LogP contribution in [0.3, 0.4) is 0 Å². The summed E-state index contributed by atoms with van der Waals surface area (Å²) in [4.78, 5) is 23.4. The van der Waals surface area contributed by atoms with Crippen molar-refractivity contribution in [3.05, 3.63) is 23.8 Å². The minimum Gasteiger partial charge on any atom is -0.497 e. The van der Waals surface area contributed by atoms with E-state index in [9.17, 15) is 9.59 Å². The van der Waals surface area contributed by atoms with E-state index >= 15 is 0 Å². The van der Waals surface area contributed by atoms with Crippen molar-refractivity contribution in [1.29, 1.82) is 0 Å². The van der Waals surface area contributed by atoms with Gasteiger partial charge in [0.05, 0.1) is 23.8 Å². The molecular formula is C14H20N2O4. The molecule has 1 amide bonds. The molecule has 0 heterocycles. The Balaban J connectivity index is 3.12. The second-order valence-corrected chi connectivity index (χ2v) is 4.79. The number of nitrogens with two attached hydrogens (primary N) is 1. The smallest absolute Gasteiger partial charge is 0.337 e. The summed E-state index contributed by atoms with van der Waals surface area (Å²) in [6.07, 6.45) is 0.557. The number of aromatic carboxylic acids is 1. The summed E-state index contributed by atoms with van der Waals surface area (Å²) in [6, 6.07) is 4.40. The second kappa shape index (κ2) is 6.38. The van der Waals surface area contributed by atoms with E-state index < -0.39 is 11.4 Å². The highest BCUT2D eigenvalue weighted by Crippen LogP contribution is 2.26. The van der Waals surface area contributed by atoms with Gasteiger partial charge >= 0.3 is 5.97 Å². The molecule has 0 aliphatic rings. The number of rotatable bonds is 6. The van der Waals surface area contributed by atoms with Gasteiger partial charge in [0, 0.05) is 12.6 Å². The summed E-state index contributed by atoms with van der Waals surface area (Å²) in [6.45, 7) is 3.78. The number of benzene rings is 1. The van der Waals surface area contributed by atoms with Crippen LogP contribution in [0, 0.1) is 5.41 Å². The van der Waals surface area contributed by atoms with E-state index in [4.69, 9.17) is 15.6 Å². The number of carboxylic acid groups (broad SMARTS) is 1. The van der Waals surface area contributed by atoms with E-state index in [2.05, 4.69) is 5.32 Å². The van der Waals surface area contributed by atoms with Crippen molar-refractivity contribution in [3.8, 4) is 5.75 Å². The van der Waals surface area contributed by atoms with Crippen LogP contribution < -0.4 is 15.8 Å². The van der Waals surface area contributed by atoms with Gasteiger partial charge in [-0.2, -0.15) is 0 Å². The van der Waals surface area contributed by atoms with Gasteiger partial charge in [0.15, 0.2) is 0 Å². The minimum atomic E-state index is -1.12. The van der Waals surface area contributed by atoms with E-state index in [1.165, 1.54) is 25.3 Å². The van der Waals surface area contributed by atoms with Crippen LogP contribution in [0.15, 0.2) is 18.2 Å². The third-order valence-electron chi connectivity index (χ3n) is 3.48. The van der Waals surface area contributed by atoms with Gasteiger partial charge in [-0.15, -0.1) is 0 Å². The normalized spacial score (nSPS) is 13.4. The summed E-state index contributed by atoms with van der Waals surface area (Å²) in [5.74, 6) is -0.955. The average Bonchev–Trinajstić information content (AvgIpc) is 2.45. The zero-order chi connectivity index (χ0) is 15.3. The molecule has 1 rings (SSSR count). The number of carboxylic acids is 1. The first-order valence-electron chi connectivity index (χ1n) is 6.30. The molecule has 4 N–H and O–H groups in total. The maximum atomic E-state index is 12.2. The van der Waals surface area contributed by atoms with Crippen LogP contribution in [0.25, 0.3) is 0 Å². The first-order valence-corrected chi connectivity index (χ1v) is 6.30. The molecule has 0 saturated heterocycles. The van der Waals surface area contributed by atoms with Crippen LogP contribution in [0.5, 0.6) is 5.75 Å². The fourth-order valence-electron chi connectivity index (χ4n) is 1.61. The summed E-state index contributed by atoms with van der Waals surface area (Å²) >= 11 is 0. The molecule has 0 spiro atoms. The lowest BCUT2D eigenvalue weighted by Crippen LogP contribution is -2.39. The Kier molecular flexibility index (Phi) is 5.10. The van der Waals surface area contributed by atoms with E-state index in [1.54, 1.807) is 6.92 Å². The Labute approximate surface area is 117 Å². The Morgan fingerprint density at radius 2 is 2.10 bits per heavy atom. The van der Waals surface area contributed by atoms with Crippen molar-refractivity contribution in [3.63, 3.8) is 0 Å². The Hall–Kier alpha value is -2.08. The number of anilines is 1. The van der Waals surface area contributed by atoms with Gasteiger partial charge in [-0.3, -0.25) is 4.79 Å². The molecule has 6 heteroatoms. The van der Waals surface area contributed by atoms with Crippen LogP contribution in [0.2, 0.25) is 0 Å². The molecular weight excluding hydrogens is 260 g/mol. The number of hydrogen-bond acceptors (Lipinski definition) is 4. The van der Waals surface area contributed by atoms with Gasteiger partial charge in [0.2, 0.25) is 5.91 Å². The van der Waals surface area contributed by atoms with Crippen molar-refractivity contribution in [2.75, 3.05) is 19.0 Å². The molecule has 0 bridgehead atoms. The van der Waals surface area contributed by atoms with Crippen molar-refractivity contribution in [2.24, 2.45) is 11.1 Å². The van der Waals surface area contributed by atoms with E-state index in [-0.39, 0.29) is 23.7 Å². The monoisotopic (exact) mass is 280 g/mol. The highest BCUT2D eigenvalue weighted by molar-refractivity contribution is 6.02. The summed E-state index contributed by atoms with van der Waals surface area (Å²) < 4.78 is 5.04. The predicted molar refractivity (Wildman–Crippen MR) is 76.0 cm³/mol. The summed E-state index contributed by atoms with van der Waals surface area (Å²) in [5, 5.41) is 11.8. The lowest BCUT2D eigenvalue weighted by Gasteiger charge is -2.25. The fourth-order valence-corrected chi connectivity index (χ4v) is 1.61. The molecule has 0 aromatic heterocycles. The average molecular weight is 280 g/mol. The van der Waals surface area contributed by atoms with Crippen LogP contribution >= 0.6 is 0 Å². The van der Waals surface area contributed by atoms with Crippen LogP contribution in [0.4, 0.5) is 5.69 Å². The highest BCUT2D eigenvalue weighted by atomic mass is 16.5. The molecule has 6 nitrogen and oxygen atoms in total. The van der Waals surface area contributed by atoms with Crippen LogP contribution in [-0.2, 0) is 4.79 Å². The Morgan fingerprint density at radius 3 is 2.55 bits per heavy atom. The first kappa shape index (κ1) is 16.0. The van der Waals surface area contributed by atoms with Gasteiger partial charge in [0.1, 0.15) is 5.75 Å². The molecule has 0 saturated carbocycles. The predicted octanol–water partition coefficient (Wildman–Crippen LogP) is 1.71. The minimum absolute atomic E-state index is 0.00891. The van der Waals surface area contributed by atoms with Crippen molar-refractivity contribution in [2.45, 2.75) is 20.3 Å². The van der Waals surface area contributed by atoms with Gasteiger partial charge in [-0.25, -0.2) is 4.79 Å². The Morgan fingerprint density at radius 1 is 1.45 bits per heavy atom. The zero-order valence-electron chi connectivity index (χ0n) is 11.9. The van der Waals surface area contributed by atoms with Crippen molar-refractivity contribution < 1.29 is 19.4 Å². The summed E-state index contributed by atoms with van der Waals surface area (Å²) in [7, 11) is 1.47. The molecule has 1 aromatic carbocycles. The second-order valence-electron chi connectivity index (χ2n) is 4.79. The molecule has 1 aromatic rings. The van der Waals surface area contributed by atoms with E-state index in [0.717, 1.165) is 0 Å². The maximum absolute atomic E-state index is 12.2. The van der Waals surface area contributed by atoms with Gasteiger partial charge in [0.25, 0.3) is 0 Å². The number of ether oxygens (including phenoxy) is 1. The van der Waals surface area contributed by atoms with Crippen molar-refractivity contribution >= 4 is 17.6 Å². The van der Waals surface area contributed by atoms with Crippen LogP contribution in [-0.4, -0.2) is 30.6 Å². The van der Waals surface area contributed by atoms with E-state index in [1.807, 2.05) is 6.92 Å². The fraction of sp³-hybridized carbons (Fsp3) is 0.429. The molecule has 0 aliphatic carbocycles. The zero-order valence-corrected chi connectivity index (χ0v) is 11.9. The number of methoxy groups -OCH3 is 1.